The lowest BCUT2D eigenvalue weighted by atomic mass is 10.1. The van der Waals surface area contributed by atoms with Crippen LogP contribution in [0.4, 0.5) is 0 Å². The summed E-state index contributed by atoms with van der Waals surface area (Å²) >= 11 is 0. The van der Waals surface area contributed by atoms with Crippen molar-refractivity contribution in [1.29, 1.82) is 0 Å². The number of aliphatic carboxylic acids is 2. The highest BCUT2D eigenvalue weighted by Gasteiger charge is 2.14. The van der Waals surface area contributed by atoms with E-state index in [2.05, 4.69) is 12.2 Å². The van der Waals surface area contributed by atoms with Crippen molar-refractivity contribution >= 4 is 11.9 Å². The molecule has 0 radical (unpaired) electrons. The van der Waals surface area contributed by atoms with E-state index in [1.54, 1.807) is 0 Å². The van der Waals surface area contributed by atoms with Gasteiger partial charge < -0.3 is 25.4 Å². The SMILES string of the molecule is CCCCNCC(O)COC1CCCCCC1.O=C(O)/C=C\C(=O)O. The van der Waals surface area contributed by atoms with E-state index in [9.17, 15) is 14.7 Å². The third-order valence-corrected chi connectivity index (χ3v) is 3.78. The van der Waals surface area contributed by atoms with E-state index in [4.69, 9.17) is 14.9 Å². The Morgan fingerprint density at radius 1 is 1.12 bits per heavy atom. The molecule has 0 aromatic rings. The lowest BCUT2D eigenvalue weighted by Crippen LogP contribution is -2.32. The topological polar surface area (TPSA) is 116 Å². The predicted octanol–water partition coefficient (Wildman–Crippen LogP) is 2.19. The summed E-state index contributed by atoms with van der Waals surface area (Å²) in [6.07, 6.45) is 11.2. The number of hydrogen-bond acceptors (Lipinski definition) is 5. The second-order valence-corrected chi connectivity index (χ2v) is 6.17. The second kappa shape index (κ2) is 16.1. The molecule has 7 heteroatoms. The van der Waals surface area contributed by atoms with E-state index in [0.717, 1.165) is 6.54 Å². The number of hydrogen-bond donors (Lipinski definition) is 4. The number of nitrogens with one attached hydrogen (secondary N) is 1. The van der Waals surface area contributed by atoms with Crippen LogP contribution in [0.1, 0.15) is 58.3 Å². The molecular formula is C18H33NO6. The number of carboxylic acids is 2. The zero-order chi connectivity index (χ0) is 18.9. The molecule has 1 rings (SSSR count). The van der Waals surface area contributed by atoms with Crippen molar-refractivity contribution in [3.8, 4) is 0 Å². The summed E-state index contributed by atoms with van der Waals surface area (Å²) in [6.45, 7) is 4.32. The minimum atomic E-state index is -1.26. The van der Waals surface area contributed by atoms with Gasteiger partial charge in [-0.2, -0.15) is 0 Å². The highest BCUT2D eigenvalue weighted by atomic mass is 16.5. The zero-order valence-electron chi connectivity index (χ0n) is 15.2. The van der Waals surface area contributed by atoms with E-state index in [1.807, 2.05) is 0 Å². The van der Waals surface area contributed by atoms with Crippen LogP contribution in [0.3, 0.4) is 0 Å². The van der Waals surface area contributed by atoms with Crippen LogP contribution in [0.25, 0.3) is 0 Å². The normalized spacial score (nSPS) is 16.7. The Labute approximate surface area is 150 Å². The van der Waals surface area contributed by atoms with Crippen LogP contribution in [0, 0.1) is 0 Å². The van der Waals surface area contributed by atoms with E-state index < -0.39 is 11.9 Å². The van der Waals surface area contributed by atoms with Crippen LogP contribution in [-0.2, 0) is 14.3 Å². The number of carboxylic acid groups (broad SMARTS) is 2. The third kappa shape index (κ3) is 17.2. The Kier molecular flexibility index (Phi) is 15.1. The third-order valence-electron chi connectivity index (χ3n) is 3.78. The van der Waals surface area contributed by atoms with E-state index in [0.29, 0.717) is 31.4 Å². The molecule has 0 saturated heterocycles. The molecule has 0 amide bonds. The van der Waals surface area contributed by atoms with Gasteiger partial charge in [0.15, 0.2) is 0 Å². The van der Waals surface area contributed by atoms with Crippen LogP contribution >= 0.6 is 0 Å². The maximum absolute atomic E-state index is 9.76. The molecule has 7 nitrogen and oxygen atoms in total. The maximum atomic E-state index is 9.76. The van der Waals surface area contributed by atoms with Crippen molar-refractivity contribution in [3.05, 3.63) is 12.2 Å². The van der Waals surface area contributed by atoms with E-state index in [1.165, 1.54) is 51.4 Å². The highest BCUT2D eigenvalue weighted by Crippen LogP contribution is 2.19. The summed E-state index contributed by atoms with van der Waals surface area (Å²) < 4.78 is 5.79. The van der Waals surface area contributed by atoms with Gasteiger partial charge in [0, 0.05) is 18.7 Å². The summed E-state index contributed by atoms with van der Waals surface area (Å²) in [5, 5.41) is 28.6. The van der Waals surface area contributed by atoms with Crippen LogP contribution in [-0.4, -0.2) is 59.2 Å². The van der Waals surface area contributed by atoms with Crippen molar-refractivity contribution in [1.82, 2.24) is 5.32 Å². The molecule has 4 N–H and O–H groups in total. The van der Waals surface area contributed by atoms with Gasteiger partial charge in [-0.3, -0.25) is 0 Å². The fourth-order valence-electron chi connectivity index (χ4n) is 2.43. The van der Waals surface area contributed by atoms with Crippen molar-refractivity contribution in [2.75, 3.05) is 19.7 Å². The Balaban J connectivity index is 0.000000609. The predicted molar refractivity (Wildman–Crippen MR) is 95.6 cm³/mol. The maximum Gasteiger partial charge on any atom is 0.328 e. The lowest BCUT2D eigenvalue weighted by molar-refractivity contribution is -0.134. The molecule has 1 saturated carbocycles. The first-order valence-electron chi connectivity index (χ1n) is 9.10. The molecule has 146 valence electrons. The number of ether oxygens (including phenoxy) is 1. The zero-order valence-corrected chi connectivity index (χ0v) is 15.2. The van der Waals surface area contributed by atoms with E-state index >= 15 is 0 Å². The van der Waals surface area contributed by atoms with Crippen LogP contribution < -0.4 is 5.32 Å². The van der Waals surface area contributed by atoms with Crippen molar-refractivity contribution in [2.45, 2.75) is 70.5 Å². The molecule has 1 fully saturated rings. The molecule has 1 atom stereocenters. The summed E-state index contributed by atoms with van der Waals surface area (Å²) in [7, 11) is 0. The molecule has 0 aromatic carbocycles. The van der Waals surface area contributed by atoms with Crippen molar-refractivity contribution < 1.29 is 29.6 Å². The fourth-order valence-corrected chi connectivity index (χ4v) is 2.43. The molecule has 0 spiro atoms. The van der Waals surface area contributed by atoms with Crippen molar-refractivity contribution in [3.63, 3.8) is 0 Å². The van der Waals surface area contributed by atoms with E-state index in [-0.39, 0.29) is 6.10 Å². The first-order valence-corrected chi connectivity index (χ1v) is 9.10. The molecule has 0 aliphatic heterocycles. The molecular weight excluding hydrogens is 326 g/mol. The average molecular weight is 359 g/mol. The van der Waals surface area contributed by atoms with Crippen LogP contribution in [0.5, 0.6) is 0 Å². The molecule has 1 aliphatic rings. The molecule has 0 bridgehead atoms. The number of aliphatic hydroxyl groups excluding tert-OH is 1. The van der Waals surface area contributed by atoms with Gasteiger partial charge in [-0.1, -0.05) is 39.0 Å². The quantitative estimate of drug-likeness (QED) is 0.268. The minimum absolute atomic E-state index is 0.352. The number of unbranched alkanes of at least 4 members (excludes halogenated alkanes) is 1. The van der Waals surface area contributed by atoms with Gasteiger partial charge in [0.2, 0.25) is 0 Å². The number of aliphatic hydroxyl groups is 1. The lowest BCUT2D eigenvalue weighted by Gasteiger charge is -2.18. The molecule has 0 aromatic heterocycles. The van der Waals surface area contributed by atoms with Gasteiger partial charge in [-0.05, 0) is 25.8 Å². The van der Waals surface area contributed by atoms with Gasteiger partial charge in [0.25, 0.3) is 0 Å². The standard InChI is InChI=1S/C14H29NO2.C4H4O4/c1-2-3-10-15-11-13(16)12-17-14-8-6-4-5-7-9-14;5-3(6)1-2-4(7)8/h13-16H,2-12H2,1H3;1-2H,(H,5,6)(H,7,8)/b;2-1-. The Morgan fingerprint density at radius 2 is 1.68 bits per heavy atom. The average Bonchev–Trinajstić information content (AvgIpc) is 2.84. The molecule has 0 heterocycles. The monoisotopic (exact) mass is 359 g/mol. The highest BCUT2D eigenvalue weighted by molar-refractivity contribution is 5.89. The molecule has 1 unspecified atom stereocenters. The van der Waals surface area contributed by atoms with Gasteiger partial charge in [-0.15, -0.1) is 0 Å². The largest absolute Gasteiger partial charge is 0.478 e. The molecule has 25 heavy (non-hydrogen) atoms. The van der Waals surface area contributed by atoms with Crippen LogP contribution in [0.15, 0.2) is 12.2 Å². The summed E-state index contributed by atoms with van der Waals surface area (Å²) in [5.74, 6) is -2.51. The first kappa shape index (κ1) is 23.6. The van der Waals surface area contributed by atoms with Crippen molar-refractivity contribution in [2.24, 2.45) is 0 Å². The van der Waals surface area contributed by atoms with Gasteiger partial charge >= 0.3 is 11.9 Å². The summed E-state index contributed by atoms with van der Waals surface area (Å²) in [4.78, 5) is 19.1. The Bertz CT molecular complexity index is 362. The number of carbonyl (C=O) groups is 2. The Morgan fingerprint density at radius 3 is 2.16 bits per heavy atom. The summed E-state index contributed by atoms with van der Waals surface area (Å²) in [6, 6.07) is 0. The smallest absolute Gasteiger partial charge is 0.328 e. The minimum Gasteiger partial charge on any atom is -0.478 e. The van der Waals surface area contributed by atoms with Gasteiger partial charge in [-0.25, -0.2) is 9.59 Å². The second-order valence-electron chi connectivity index (χ2n) is 6.17. The Hall–Kier alpha value is -1.44. The van der Waals surface area contributed by atoms with Gasteiger partial charge in [0.05, 0.1) is 18.8 Å². The number of rotatable bonds is 10. The van der Waals surface area contributed by atoms with Gasteiger partial charge in [0.1, 0.15) is 0 Å². The molecule has 1 aliphatic carbocycles. The fraction of sp³-hybridized carbons (Fsp3) is 0.778. The summed E-state index contributed by atoms with van der Waals surface area (Å²) in [5.41, 5.74) is 0. The first-order chi connectivity index (χ1) is 12.0. The van der Waals surface area contributed by atoms with Crippen LogP contribution in [0.2, 0.25) is 0 Å².